The molecule has 0 bridgehead atoms. The minimum atomic E-state index is -4.69. The van der Waals surface area contributed by atoms with Gasteiger partial charge in [-0.1, -0.05) is 12.1 Å². The second-order valence-corrected chi connectivity index (χ2v) is 7.65. The van der Waals surface area contributed by atoms with E-state index in [0.29, 0.717) is 23.7 Å². The molecule has 8 nitrogen and oxygen atoms in total. The van der Waals surface area contributed by atoms with Crippen molar-refractivity contribution in [2.75, 3.05) is 17.2 Å². The van der Waals surface area contributed by atoms with Crippen molar-refractivity contribution >= 4 is 28.8 Å². The van der Waals surface area contributed by atoms with Crippen LogP contribution in [0.1, 0.15) is 48.8 Å². The van der Waals surface area contributed by atoms with Gasteiger partial charge in [0.2, 0.25) is 5.78 Å². The normalized spacial score (nSPS) is 14.4. The third-order valence-electron chi connectivity index (χ3n) is 5.13. The second-order valence-electron chi connectivity index (χ2n) is 7.65. The molecule has 0 spiro atoms. The molecule has 2 N–H and O–H groups in total. The first-order chi connectivity index (χ1) is 16.5. The number of rotatable bonds is 6. The van der Waals surface area contributed by atoms with Gasteiger partial charge in [0.15, 0.2) is 11.6 Å². The molecule has 1 atom stereocenters. The third-order valence-corrected chi connectivity index (χ3v) is 5.13. The summed E-state index contributed by atoms with van der Waals surface area (Å²) in [7, 11) is 0. The Kier molecular flexibility index (Phi) is 7.54. The van der Waals surface area contributed by atoms with Gasteiger partial charge in [0.25, 0.3) is 0 Å². The van der Waals surface area contributed by atoms with E-state index >= 15 is 0 Å². The lowest BCUT2D eigenvalue weighted by atomic mass is 9.96. The van der Waals surface area contributed by atoms with Gasteiger partial charge < -0.3 is 15.4 Å². The first-order valence-electron chi connectivity index (χ1n) is 10.6. The summed E-state index contributed by atoms with van der Waals surface area (Å²) in [6.07, 6.45) is 0.0522. The first kappa shape index (κ1) is 25.4. The van der Waals surface area contributed by atoms with Crippen LogP contribution in [-0.2, 0) is 15.7 Å². The summed E-state index contributed by atoms with van der Waals surface area (Å²) in [6.45, 7) is 5.10. The number of benzene rings is 1. The number of nitrogens with one attached hydrogen (secondary N) is 2. The van der Waals surface area contributed by atoms with Crippen LogP contribution in [0.3, 0.4) is 0 Å². The SMILES string of the molecule is CCOC1=CC(c2ncc(NC(=O)Nc3ccc(C(C)C#N)c(C(F)(F)F)c3)c(C)n2)=CCC1=O. The van der Waals surface area contributed by atoms with Crippen molar-refractivity contribution in [2.24, 2.45) is 0 Å². The van der Waals surface area contributed by atoms with Crippen molar-refractivity contribution in [3.63, 3.8) is 0 Å². The number of nitrogens with zero attached hydrogens (tertiary/aromatic N) is 3. The molecule has 2 aromatic rings. The molecule has 3 rings (SSSR count). The number of anilines is 2. The molecule has 2 amide bonds. The van der Waals surface area contributed by atoms with Crippen LogP contribution in [0.5, 0.6) is 0 Å². The minimum absolute atomic E-state index is 0.0930. The Balaban J connectivity index is 1.76. The molecule has 1 unspecified atom stereocenters. The smallest absolute Gasteiger partial charge is 0.416 e. The standard InChI is InChI=1S/C24H22F3N5O3/c1-4-35-21-9-15(5-8-20(21)33)22-29-12-19(14(3)30-22)32-23(34)31-16-6-7-17(13(2)11-28)18(10-16)24(25,26)27/h5-7,9-10,12-13H,4,8H2,1-3H3,(H2,31,32,34). The lowest BCUT2D eigenvalue weighted by Crippen LogP contribution is -2.21. The maximum Gasteiger partial charge on any atom is 0.416 e. The van der Waals surface area contributed by atoms with Crippen molar-refractivity contribution in [1.29, 1.82) is 5.26 Å². The van der Waals surface area contributed by atoms with E-state index in [-0.39, 0.29) is 34.9 Å². The van der Waals surface area contributed by atoms with Crippen LogP contribution in [0.4, 0.5) is 29.3 Å². The van der Waals surface area contributed by atoms with E-state index in [1.807, 2.05) is 0 Å². The van der Waals surface area contributed by atoms with E-state index in [1.165, 1.54) is 25.3 Å². The Morgan fingerprint density at radius 1 is 1.31 bits per heavy atom. The number of hydrogen-bond donors (Lipinski definition) is 2. The van der Waals surface area contributed by atoms with Gasteiger partial charge in [0.1, 0.15) is 0 Å². The summed E-state index contributed by atoms with van der Waals surface area (Å²) < 4.78 is 45.7. The van der Waals surface area contributed by atoms with Crippen molar-refractivity contribution in [3.8, 4) is 6.07 Å². The summed E-state index contributed by atoms with van der Waals surface area (Å²) in [5, 5.41) is 13.9. The van der Waals surface area contributed by atoms with Crippen molar-refractivity contribution in [3.05, 3.63) is 65.0 Å². The highest BCUT2D eigenvalue weighted by Crippen LogP contribution is 2.36. The lowest BCUT2D eigenvalue weighted by molar-refractivity contribution is -0.138. The fraction of sp³-hybridized carbons (Fsp3) is 0.292. The van der Waals surface area contributed by atoms with E-state index < -0.39 is 23.7 Å². The number of ether oxygens (including phenoxy) is 1. The van der Waals surface area contributed by atoms with Crippen LogP contribution in [0.25, 0.3) is 5.57 Å². The predicted octanol–water partition coefficient (Wildman–Crippen LogP) is 5.35. The zero-order valence-electron chi connectivity index (χ0n) is 19.2. The first-order valence-corrected chi connectivity index (χ1v) is 10.6. The second kappa shape index (κ2) is 10.4. The lowest BCUT2D eigenvalue weighted by Gasteiger charge is -2.17. The Bertz CT molecular complexity index is 1260. The molecule has 11 heteroatoms. The van der Waals surface area contributed by atoms with Gasteiger partial charge in [0, 0.05) is 17.7 Å². The Morgan fingerprint density at radius 2 is 2.06 bits per heavy atom. The molecule has 0 fully saturated rings. The van der Waals surface area contributed by atoms with Crippen molar-refractivity contribution in [1.82, 2.24) is 9.97 Å². The van der Waals surface area contributed by atoms with Gasteiger partial charge in [-0.3, -0.25) is 4.79 Å². The molecular weight excluding hydrogens is 463 g/mol. The topological polar surface area (TPSA) is 117 Å². The van der Waals surface area contributed by atoms with Gasteiger partial charge >= 0.3 is 12.2 Å². The van der Waals surface area contributed by atoms with Crippen LogP contribution >= 0.6 is 0 Å². The molecule has 0 aliphatic heterocycles. The van der Waals surface area contributed by atoms with Gasteiger partial charge in [-0.05, 0) is 44.5 Å². The molecule has 35 heavy (non-hydrogen) atoms. The van der Waals surface area contributed by atoms with E-state index in [1.54, 1.807) is 32.1 Å². The van der Waals surface area contributed by atoms with Crippen molar-refractivity contribution < 1.29 is 27.5 Å². The summed E-state index contributed by atoms with van der Waals surface area (Å²) in [6, 6.07) is 4.25. The average Bonchev–Trinajstić information content (AvgIpc) is 2.81. The molecule has 1 aromatic carbocycles. The van der Waals surface area contributed by atoms with E-state index in [0.717, 1.165) is 6.07 Å². The quantitative estimate of drug-likeness (QED) is 0.570. The molecule has 0 saturated heterocycles. The summed E-state index contributed by atoms with van der Waals surface area (Å²) in [4.78, 5) is 32.9. The summed E-state index contributed by atoms with van der Waals surface area (Å²) in [5.41, 5.74) is -0.0111. The minimum Gasteiger partial charge on any atom is -0.490 e. The molecule has 0 radical (unpaired) electrons. The zero-order valence-corrected chi connectivity index (χ0v) is 19.2. The summed E-state index contributed by atoms with van der Waals surface area (Å²) >= 11 is 0. The van der Waals surface area contributed by atoms with Gasteiger partial charge in [-0.2, -0.15) is 18.4 Å². The third kappa shape index (κ3) is 6.03. The number of halogens is 3. The number of ketones is 1. The fourth-order valence-electron chi connectivity index (χ4n) is 3.36. The monoisotopic (exact) mass is 485 g/mol. The van der Waals surface area contributed by atoms with Crippen LogP contribution in [0.2, 0.25) is 0 Å². The number of amides is 2. The van der Waals surface area contributed by atoms with Crippen LogP contribution in [-0.4, -0.2) is 28.4 Å². The highest BCUT2D eigenvalue weighted by Gasteiger charge is 2.35. The molecule has 1 heterocycles. The zero-order chi connectivity index (χ0) is 25.8. The van der Waals surface area contributed by atoms with Crippen LogP contribution < -0.4 is 10.6 Å². The van der Waals surface area contributed by atoms with E-state index in [2.05, 4.69) is 20.6 Å². The van der Waals surface area contributed by atoms with Crippen molar-refractivity contribution in [2.45, 2.75) is 39.3 Å². The number of carbonyl (C=O) groups excluding carboxylic acids is 2. The molecular formula is C24H22F3N5O3. The van der Waals surface area contributed by atoms with Gasteiger partial charge in [-0.15, -0.1) is 0 Å². The molecule has 1 aliphatic rings. The van der Waals surface area contributed by atoms with E-state index in [9.17, 15) is 22.8 Å². The number of Topliss-reactive ketones (excluding diaryl/α,β-unsaturated/α-hetero) is 1. The Labute approximate surface area is 199 Å². The highest BCUT2D eigenvalue weighted by molar-refractivity contribution is 6.01. The van der Waals surface area contributed by atoms with E-state index in [4.69, 9.17) is 10.00 Å². The Morgan fingerprint density at radius 3 is 2.69 bits per heavy atom. The molecule has 182 valence electrons. The largest absolute Gasteiger partial charge is 0.490 e. The number of hydrogen-bond acceptors (Lipinski definition) is 6. The van der Waals surface area contributed by atoms with Gasteiger partial charge in [0.05, 0.1) is 41.7 Å². The fourth-order valence-corrected chi connectivity index (χ4v) is 3.36. The molecule has 1 aromatic heterocycles. The van der Waals surface area contributed by atoms with Gasteiger partial charge in [-0.25, -0.2) is 14.8 Å². The number of alkyl halides is 3. The molecule has 0 saturated carbocycles. The van der Waals surface area contributed by atoms with Crippen LogP contribution in [0.15, 0.2) is 42.3 Å². The number of aromatic nitrogens is 2. The molecule has 1 aliphatic carbocycles. The number of carbonyl (C=O) groups is 2. The highest BCUT2D eigenvalue weighted by atomic mass is 19.4. The number of urea groups is 1. The maximum atomic E-state index is 13.5. The Hall–Kier alpha value is -4.20. The summed E-state index contributed by atoms with van der Waals surface area (Å²) in [5.74, 6) is -0.563. The number of allylic oxidation sites excluding steroid dienone is 4. The van der Waals surface area contributed by atoms with Crippen LogP contribution in [0, 0.1) is 18.3 Å². The average molecular weight is 485 g/mol. The number of aryl methyl sites for hydroxylation is 1. The number of nitriles is 1. The maximum absolute atomic E-state index is 13.5. The predicted molar refractivity (Wildman–Crippen MR) is 122 cm³/mol.